The minimum Gasteiger partial charge on any atom is -0.385 e. The van der Waals surface area contributed by atoms with Crippen LogP contribution in [0.15, 0.2) is 10.9 Å². The summed E-state index contributed by atoms with van der Waals surface area (Å²) < 4.78 is 7.12. The first kappa shape index (κ1) is 16.2. The summed E-state index contributed by atoms with van der Waals surface area (Å²) in [6.45, 7) is 5.34. The molecule has 0 amide bonds. The minimum absolute atomic E-state index is 0.191. The van der Waals surface area contributed by atoms with Gasteiger partial charge in [0.1, 0.15) is 0 Å². The Labute approximate surface area is 127 Å². The second-order valence-corrected chi connectivity index (χ2v) is 5.83. The lowest BCUT2D eigenvalue weighted by Crippen LogP contribution is -2.30. The van der Waals surface area contributed by atoms with Crippen molar-refractivity contribution in [2.24, 2.45) is 0 Å². The summed E-state index contributed by atoms with van der Waals surface area (Å²) in [6, 6.07) is 2.14. The summed E-state index contributed by atoms with van der Waals surface area (Å²) in [5.74, 6) is 0. The SMILES string of the molecule is CCCCNCc1cc2c(n(CCCOC)c1=O)CCC2. The Hall–Kier alpha value is -1.13. The van der Waals surface area contributed by atoms with Crippen molar-refractivity contribution in [1.82, 2.24) is 9.88 Å². The molecule has 1 aliphatic rings. The number of hydrogen-bond acceptors (Lipinski definition) is 3. The van der Waals surface area contributed by atoms with Gasteiger partial charge >= 0.3 is 0 Å². The summed E-state index contributed by atoms with van der Waals surface area (Å²) in [6.07, 6.45) is 6.57. The molecule has 1 aromatic heterocycles. The van der Waals surface area contributed by atoms with Crippen LogP contribution in [0.4, 0.5) is 0 Å². The van der Waals surface area contributed by atoms with Crippen LogP contribution in [0.2, 0.25) is 0 Å². The number of hydrogen-bond donors (Lipinski definition) is 1. The Morgan fingerprint density at radius 1 is 1.33 bits per heavy atom. The van der Waals surface area contributed by atoms with Gasteiger partial charge in [-0.2, -0.15) is 0 Å². The molecule has 1 heterocycles. The van der Waals surface area contributed by atoms with Gasteiger partial charge in [0, 0.05) is 38.1 Å². The van der Waals surface area contributed by atoms with Crippen molar-refractivity contribution in [3.63, 3.8) is 0 Å². The maximum atomic E-state index is 12.7. The van der Waals surface area contributed by atoms with Gasteiger partial charge in [0.25, 0.3) is 5.56 Å². The Morgan fingerprint density at radius 2 is 2.19 bits per heavy atom. The van der Waals surface area contributed by atoms with Crippen molar-refractivity contribution in [2.45, 2.75) is 58.5 Å². The van der Waals surface area contributed by atoms with Crippen molar-refractivity contribution in [3.05, 3.63) is 33.2 Å². The fourth-order valence-corrected chi connectivity index (χ4v) is 3.04. The molecule has 0 aliphatic heterocycles. The summed E-state index contributed by atoms with van der Waals surface area (Å²) in [7, 11) is 1.71. The average molecular weight is 292 g/mol. The number of nitrogens with zero attached hydrogens (tertiary/aromatic N) is 1. The number of aromatic nitrogens is 1. The van der Waals surface area contributed by atoms with E-state index in [4.69, 9.17) is 4.74 Å². The maximum absolute atomic E-state index is 12.7. The fraction of sp³-hybridized carbons (Fsp3) is 0.706. The summed E-state index contributed by atoms with van der Waals surface area (Å²) in [5.41, 5.74) is 3.74. The molecule has 21 heavy (non-hydrogen) atoms. The molecule has 0 saturated heterocycles. The summed E-state index contributed by atoms with van der Waals surface area (Å²) >= 11 is 0. The number of unbranched alkanes of at least 4 members (excludes halogenated alkanes) is 1. The molecule has 0 unspecified atom stereocenters. The Morgan fingerprint density at radius 3 is 2.95 bits per heavy atom. The molecule has 0 fully saturated rings. The van der Waals surface area contributed by atoms with Crippen LogP contribution in [0, 0.1) is 0 Å². The van der Waals surface area contributed by atoms with Gasteiger partial charge in [-0.25, -0.2) is 0 Å². The van der Waals surface area contributed by atoms with Gasteiger partial charge in [0.05, 0.1) is 0 Å². The van der Waals surface area contributed by atoms with E-state index >= 15 is 0 Å². The van der Waals surface area contributed by atoms with Crippen molar-refractivity contribution in [2.75, 3.05) is 20.3 Å². The first-order valence-corrected chi connectivity index (χ1v) is 8.22. The number of methoxy groups -OCH3 is 1. The lowest BCUT2D eigenvalue weighted by Gasteiger charge is -2.15. The highest BCUT2D eigenvalue weighted by molar-refractivity contribution is 5.30. The van der Waals surface area contributed by atoms with E-state index in [0.717, 1.165) is 44.3 Å². The first-order chi connectivity index (χ1) is 10.3. The third-order valence-corrected chi connectivity index (χ3v) is 4.18. The Kier molecular flexibility index (Phi) is 6.46. The van der Waals surface area contributed by atoms with Crippen LogP contribution in [0.25, 0.3) is 0 Å². The number of fused-ring (bicyclic) bond motifs is 1. The number of aryl methyl sites for hydroxylation is 1. The number of ether oxygens (including phenoxy) is 1. The topological polar surface area (TPSA) is 43.3 Å². The standard InChI is InChI=1S/C17H28N2O2/c1-3-4-9-18-13-15-12-14-7-5-8-16(14)19(17(15)20)10-6-11-21-2/h12,18H,3-11,13H2,1-2H3. The zero-order chi connectivity index (χ0) is 15.1. The van der Waals surface area contributed by atoms with Gasteiger partial charge in [-0.1, -0.05) is 13.3 Å². The summed E-state index contributed by atoms with van der Waals surface area (Å²) in [4.78, 5) is 12.7. The number of nitrogens with one attached hydrogen (secondary N) is 1. The normalized spacial score (nSPS) is 13.6. The number of rotatable bonds is 9. The van der Waals surface area contributed by atoms with Crippen LogP contribution in [0.1, 0.15) is 49.4 Å². The van der Waals surface area contributed by atoms with Gasteiger partial charge in [0.2, 0.25) is 0 Å². The molecule has 2 rings (SSSR count). The molecule has 0 aromatic carbocycles. The van der Waals surface area contributed by atoms with Crippen molar-refractivity contribution in [3.8, 4) is 0 Å². The minimum atomic E-state index is 0.191. The molecule has 1 aliphatic carbocycles. The third-order valence-electron chi connectivity index (χ3n) is 4.18. The molecular weight excluding hydrogens is 264 g/mol. The molecule has 0 atom stereocenters. The Balaban J connectivity index is 2.14. The highest BCUT2D eigenvalue weighted by Gasteiger charge is 2.18. The van der Waals surface area contributed by atoms with E-state index in [1.807, 2.05) is 4.57 Å². The predicted octanol–water partition coefficient (Wildman–Crippen LogP) is 2.26. The predicted molar refractivity (Wildman–Crippen MR) is 85.8 cm³/mol. The lowest BCUT2D eigenvalue weighted by molar-refractivity contribution is 0.189. The second kappa shape index (κ2) is 8.35. The van der Waals surface area contributed by atoms with E-state index in [1.54, 1.807) is 7.11 Å². The van der Waals surface area contributed by atoms with E-state index in [2.05, 4.69) is 18.3 Å². The highest BCUT2D eigenvalue weighted by Crippen LogP contribution is 2.21. The Bertz CT molecular complexity index is 508. The van der Waals surface area contributed by atoms with E-state index in [-0.39, 0.29) is 5.56 Å². The smallest absolute Gasteiger partial charge is 0.255 e. The average Bonchev–Trinajstić information content (AvgIpc) is 2.94. The van der Waals surface area contributed by atoms with E-state index in [0.29, 0.717) is 13.2 Å². The third kappa shape index (κ3) is 4.17. The molecule has 118 valence electrons. The molecule has 1 aromatic rings. The molecule has 4 nitrogen and oxygen atoms in total. The maximum Gasteiger partial charge on any atom is 0.255 e. The zero-order valence-corrected chi connectivity index (χ0v) is 13.4. The molecule has 1 N–H and O–H groups in total. The highest BCUT2D eigenvalue weighted by atomic mass is 16.5. The largest absolute Gasteiger partial charge is 0.385 e. The lowest BCUT2D eigenvalue weighted by atomic mass is 10.1. The van der Waals surface area contributed by atoms with Crippen LogP contribution in [-0.4, -0.2) is 24.8 Å². The molecule has 0 saturated carbocycles. The van der Waals surface area contributed by atoms with E-state index in [1.165, 1.54) is 24.1 Å². The van der Waals surface area contributed by atoms with Gasteiger partial charge in [-0.05, 0) is 50.3 Å². The van der Waals surface area contributed by atoms with E-state index < -0.39 is 0 Å². The van der Waals surface area contributed by atoms with Crippen LogP contribution in [-0.2, 0) is 30.7 Å². The van der Waals surface area contributed by atoms with Crippen molar-refractivity contribution < 1.29 is 4.74 Å². The van der Waals surface area contributed by atoms with Gasteiger partial charge in [-0.15, -0.1) is 0 Å². The van der Waals surface area contributed by atoms with Crippen LogP contribution >= 0.6 is 0 Å². The van der Waals surface area contributed by atoms with Gasteiger partial charge < -0.3 is 14.6 Å². The zero-order valence-electron chi connectivity index (χ0n) is 13.4. The summed E-state index contributed by atoms with van der Waals surface area (Å²) in [5, 5.41) is 3.39. The van der Waals surface area contributed by atoms with Crippen molar-refractivity contribution in [1.29, 1.82) is 0 Å². The second-order valence-electron chi connectivity index (χ2n) is 5.83. The molecule has 0 radical (unpaired) electrons. The molecular formula is C17H28N2O2. The molecule has 0 bridgehead atoms. The monoisotopic (exact) mass is 292 g/mol. The van der Waals surface area contributed by atoms with Crippen LogP contribution < -0.4 is 10.9 Å². The molecule has 0 spiro atoms. The van der Waals surface area contributed by atoms with Crippen LogP contribution in [0.5, 0.6) is 0 Å². The van der Waals surface area contributed by atoms with Crippen LogP contribution in [0.3, 0.4) is 0 Å². The fourth-order valence-electron chi connectivity index (χ4n) is 3.04. The van der Waals surface area contributed by atoms with E-state index in [9.17, 15) is 4.79 Å². The number of pyridine rings is 1. The first-order valence-electron chi connectivity index (χ1n) is 8.22. The molecule has 4 heteroatoms. The van der Waals surface area contributed by atoms with Gasteiger partial charge in [0.15, 0.2) is 0 Å². The quantitative estimate of drug-likeness (QED) is 0.710. The van der Waals surface area contributed by atoms with Gasteiger partial charge in [-0.3, -0.25) is 4.79 Å². The van der Waals surface area contributed by atoms with Crippen molar-refractivity contribution >= 4 is 0 Å².